The maximum absolute atomic E-state index is 4.35. The van der Waals surface area contributed by atoms with Crippen molar-refractivity contribution in [2.75, 3.05) is 16.9 Å². The van der Waals surface area contributed by atoms with E-state index >= 15 is 0 Å². The summed E-state index contributed by atoms with van der Waals surface area (Å²) in [6, 6.07) is 25.0. The minimum Gasteiger partial charge on any atom is -0.340 e. The Morgan fingerprint density at radius 3 is 2.52 bits per heavy atom. The minimum absolute atomic E-state index is 0.952. The van der Waals surface area contributed by atoms with Crippen LogP contribution in [0.25, 0.3) is 0 Å². The molecular formula is C21H19N3S. The van der Waals surface area contributed by atoms with E-state index < -0.39 is 0 Å². The predicted octanol–water partition coefficient (Wildman–Crippen LogP) is 5.76. The number of hydrazone groups is 1. The number of hydrogen-bond acceptors (Lipinski definition) is 4. The van der Waals surface area contributed by atoms with Crippen LogP contribution in [0.15, 0.2) is 87.7 Å². The zero-order valence-electron chi connectivity index (χ0n) is 14.0. The van der Waals surface area contributed by atoms with Gasteiger partial charge in [-0.1, -0.05) is 48.2 Å². The van der Waals surface area contributed by atoms with E-state index in [0.29, 0.717) is 0 Å². The van der Waals surface area contributed by atoms with Crippen LogP contribution in [0, 0.1) is 0 Å². The molecule has 0 spiro atoms. The number of hydrogen-bond donors (Lipinski definition) is 1. The highest BCUT2D eigenvalue weighted by Gasteiger charge is 2.21. The Balaban J connectivity index is 1.58. The van der Waals surface area contributed by atoms with Gasteiger partial charge in [0.2, 0.25) is 0 Å². The van der Waals surface area contributed by atoms with E-state index in [1.54, 1.807) is 0 Å². The first-order valence-electron chi connectivity index (χ1n) is 8.38. The minimum atomic E-state index is 0.952. The third-order valence-electron chi connectivity index (χ3n) is 4.15. The zero-order valence-corrected chi connectivity index (χ0v) is 14.8. The van der Waals surface area contributed by atoms with Crippen LogP contribution in [-0.2, 0) is 0 Å². The highest BCUT2D eigenvalue weighted by Crippen LogP contribution is 2.47. The molecule has 0 fully saturated rings. The summed E-state index contributed by atoms with van der Waals surface area (Å²) in [7, 11) is 0. The number of para-hydroxylation sites is 2. The highest BCUT2D eigenvalue weighted by molar-refractivity contribution is 7.99. The topological polar surface area (TPSA) is 27.6 Å². The van der Waals surface area contributed by atoms with Crippen molar-refractivity contribution >= 4 is 35.0 Å². The van der Waals surface area contributed by atoms with Gasteiger partial charge in [0.15, 0.2) is 0 Å². The molecule has 4 heteroatoms. The Labute approximate surface area is 152 Å². The average molecular weight is 345 g/mol. The number of rotatable bonds is 4. The van der Waals surface area contributed by atoms with E-state index in [1.807, 2.05) is 48.3 Å². The molecule has 124 valence electrons. The summed E-state index contributed by atoms with van der Waals surface area (Å²) in [5.74, 6) is 0. The lowest BCUT2D eigenvalue weighted by molar-refractivity contribution is 0.979. The summed E-state index contributed by atoms with van der Waals surface area (Å²) in [5.41, 5.74) is 7.68. The molecule has 0 saturated carbocycles. The van der Waals surface area contributed by atoms with Crippen molar-refractivity contribution in [3.8, 4) is 0 Å². The van der Waals surface area contributed by atoms with Gasteiger partial charge in [-0.3, -0.25) is 5.43 Å². The third kappa shape index (κ3) is 3.26. The fourth-order valence-electron chi connectivity index (χ4n) is 2.97. The fourth-order valence-corrected chi connectivity index (χ4v) is 4.11. The molecule has 0 saturated heterocycles. The molecule has 1 aliphatic heterocycles. The molecule has 4 rings (SSSR count). The van der Waals surface area contributed by atoms with E-state index in [4.69, 9.17) is 0 Å². The monoisotopic (exact) mass is 345 g/mol. The predicted molar refractivity (Wildman–Crippen MR) is 107 cm³/mol. The standard InChI is InChI=1S/C21H19N3S/c1-2-24-18-10-6-7-11-20(18)25-21-14-16(12-13-19(21)24)15-22-23-17-8-4-3-5-9-17/h3-15,23H,2H2,1H3/b22-15+. The molecule has 1 heterocycles. The fraction of sp³-hybridized carbons (Fsp3) is 0.0952. The van der Waals surface area contributed by atoms with Crippen molar-refractivity contribution in [1.82, 2.24) is 0 Å². The first-order chi connectivity index (χ1) is 12.3. The molecular weight excluding hydrogens is 326 g/mol. The van der Waals surface area contributed by atoms with Crippen molar-refractivity contribution in [1.29, 1.82) is 0 Å². The number of nitrogens with one attached hydrogen (secondary N) is 1. The normalized spacial score (nSPS) is 12.8. The van der Waals surface area contributed by atoms with Gasteiger partial charge in [0.25, 0.3) is 0 Å². The lowest BCUT2D eigenvalue weighted by Crippen LogP contribution is -2.19. The van der Waals surface area contributed by atoms with Gasteiger partial charge in [0.05, 0.1) is 23.3 Å². The Morgan fingerprint density at radius 2 is 1.68 bits per heavy atom. The van der Waals surface area contributed by atoms with Crippen LogP contribution in [0.3, 0.4) is 0 Å². The van der Waals surface area contributed by atoms with Crippen molar-refractivity contribution in [2.45, 2.75) is 16.7 Å². The second-order valence-electron chi connectivity index (χ2n) is 5.78. The molecule has 3 nitrogen and oxygen atoms in total. The zero-order chi connectivity index (χ0) is 17.1. The number of fused-ring (bicyclic) bond motifs is 2. The molecule has 0 amide bonds. The van der Waals surface area contributed by atoms with Gasteiger partial charge < -0.3 is 4.90 Å². The van der Waals surface area contributed by atoms with Crippen LogP contribution in [0.1, 0.15) is 12.5 Å². The largest absolute Gasteiger partial charge is 0.340 e. The molecule has 0 radical (unpaired) electrons. The van der Waals surface area contributed by atoms with Crippen molar-refractivity contribution < 1.29 is 0 Å². The number of benzene rings is 3. The Morgan fingerprint density at radius 1 is 0.920 bits per heavy atom. The Hall–Kier alpha value is -2.72. The van der Waals surface area contributed by atoms with Crippen molar-refractivity contribution in [2.24, 2.45) is 5.10 Å². The molecule has 25 heavy (non-hydrogen) atoms. The van der Waals surface area contributed by atoms with Crippen LogP contribution in [0.5, 0.6) is 0 Å². The Kier molecular flexibility index (Phi) is 4.44. The second-order valence-corrected chi connectivity index (χ2v) is 6.86. The lowest BCUT2D eigenvalue weighted by atomic mass is 10.1. The van der Waals surface area contributed by atoms with Gasteiger partial charge in [0, 0.05) is 16.3 Å². The van der Waals surface area contributed by atoms with Gasteiger partial charge in [-0.15, -0.1) is 0 Å². The summed E-state index contributed by atoms with van der Waals surface area (Å²) in [6.07, 6.45) is 1.87. The van der Waals surface area contributed by atoms with Crippen molar-refractivity contribution in [3.63, 3.8) is 0 Å². The van der Waals surface area contributed by atoms with Crippen LogP contribution < -0.4 is 10.3 Å². The van der Waals surface area contributed by atoms with Gasteiger partial charge in [-0.05, 0) is 48.9 Å². The SMILES string of the molecule is CCN1c2ccccc2Sc2cc(/C=N/Nc3ccccc3)ccc21. The van der Waals surface area contributed by atoms with Gasteiger partial charge >= 0.3 is 0 Å². The van der Waals surface area contributed by atoms with Crippen LogP contribution in [0.4, 0.5) is 17.1 Å². The summed E-state index contributed by atoms with van der Waals surface area (Å²) >= 11 is 1.82. The maximum atomic E-state index is 4.35. The molecule has 0 aromatic heterocycles. The van der Waals surface area contributed by atoms with Crippen LogP contribution in [-0.4, -0.2) is 12.8 Å². The van der Waals surface area contributed by atoms with E-state index in [1.165, 1.54) is 21.2 Å². The molecule has 0 atom stereocenters. The maximum Gasteiger partial charge on any atom is 0.0561 e. The summed E-state index contributed by atoms with van der Waals surface area (Å²) < 4.78 is 0. The number of nitrogens with zero attached hydrogens (tertiary/aromatic N) is 2. The summed E-state index contributed by atoms with van der Waals surface area (Å²) in [5, 5.41) is 4.35. The number of anilines is 3. The Bertz CT molecular complexity index is 906. The molecule has 0 aliphatic carbocycles. The van der Waals surface area contributed by atoms with Crippen LogP contribution >= 0.6 is 11.8 Å². The lowest BCUT2D eigenvalue weighted by Gasteiger charge is -2.32. The summed E-state index contributed by atoms with van der Waals surface area (Å²) in [4.78, 5) is 4.93. The second kappa shape index (κ2) is 7.03. The van der Waals surface area contributed by atoms with E-state index in [-0.39, 0.29) is 0 Å². The third-order valence-corrected chi connectivity index (χ3v) is 5.26. The molecule has 3 aromatic rings. The first kappa shape index (κ1) is 15.8. The van der Waals surface area contributed by atoms with E-state index in [2.05, 4.69) is 64.8 Å². The molecule has 1 aliphatic rings. The van der Waals surface area contributed by atoms with Crippen molar-refractivity contribution in [3.05, 3.63) is 78.4 Å². The molecule has 1 N–H and O–H groups in total. The summed E-state index contributed by atoms with van der Waals surface area (Å²) in [6.45, 7) is 3.14. The van der Waals surface area contributed by atoms with Crippen LogP contribution in [0.2, 0.25) is 0 Å². The van der Waals surface area contributed by atoms with Gasteiger partial charge in [-0.25, -0.2) is 0 Å². The van der Waals surface area contributed by atoms with Gasteiger partial charge in [-0.2, -0.15) is 5.10 Å². The molecule has 0 bridgehead atoms. The quantitative estimate of drug-likeness (QED) is 0.481. The van der Waals surface area contributed by atoms with E-state index in [9.17, 15) is 0 Å². The molecule has 0 unspecified atom stereocenters. The first-order valence-corrected chi connectivity index (χ1v) is 9.19. The van der Waals surface area contributed by atoms with E-state index in [0.717, 1.165) is 17.8 Å². The molecule has 3 aromatic carbocycles. The van der Waals surface area contributed by atoms with Gasteiger partial charge in [0.1, 0.15) is 0 Å². The average Bonchev–Trinajstić information content (AvgIpc) is 2.67. The smallest absolute Gasteiger partial charge is 0.0561 e. The highest BCUT2D eigenvalue weighted by atomic mass is 32.2.